The van der Waals surface area contributed by atoms with Gasteiger partial charge in [-0.25, -0.2) is 0 Å². The standard InChI is InChI=1S/C12H16N2O2/c1-14-11(8-13)6-7-16-12-5-3-2-4-10(12)9-15/h2-5,11,14-15H,6-7,9H2,1H3. The molecular weight excluding hydrogens is 204 g/mol. The highest BCUT2D eigenvalue weighted by Gasteiger charge is 2.05. The van der Waals surface area contributed by atoms with Crippen molar-refractivity contribution in [1.29, 1.82) is 5.26 Å². The lowest BCUT2D eigenvalue weighted by Crippen LogP contribution is -2.25. The van der Waals surface area contributed by atoms with Crippen LogP contribution in [0.5, 0.6) is 5.75 Å². The molecule has 1 rings (SSSR count). The van der Waals surface area contributed by atoms with E-state index in [1.165, 1.54) is 0 Å². The van der Waals surface area contributed by atoms with Crippen LogP contribution in [0.4, 0.5) is 0 Å². The quantitative estimate of drug-likeness (QED) is 0.752. The Morgan fingerprint density at radius 1 is 1.50 bits per heavy atom. The van der Waals surface area contributed by atoms with Crippen molar-refractivity contribution in [3.05, 3.63) is 29.8 Å². The largest absolute Gasteiger partial charge is 0.493 e. The molecule has 0 aliphatic heterocycles. The van der Waals surface area contributed by atoms with E-state index in [1.807, 2.05) is 24.3 Å². The fourth-order valence-corrected chi connectivity index (χ4v) is 1.34. The van der Waals surface area contributed by atoms with E-state index in [1.54, 1.807) is 7.05 Å². The molecule has 0 saturated carbocycles. The summed E-state index contributed by atoms with van der Waals surface area (Å²) in [6, 6.07) is 9.27. The van der Waals surface area contributed by atoms with Gasteiger partial charge in [0.25, 0.3) is 0 Å². The van der Waals surface area contributed by atoms with Crippen LogP contribution in [0.1, 0.15) is 12.0 Å². The molecule has 1 aromatic rings. The maximum absolute atomic E-state index is 9.07. The molecule has 0 saturated heterocycles. The van der Waals surface area contributed by atoms with Gasteiger partial charge in [-0.1, -0.05) is 18.2 Å². The zero-order valence-electron chi connectivity index (χ0n) is 9.31. The third-order valence-electron chi connectivity index (χ3n) is 2.31. The second-order valence-corrected chi connectivity index (χ2v) is 3.37. The highest BCUT2D eigenvalue weighted by molar-refractivity contribution is 5.32. The number of nitrogens with zero attached hydrogens (tertiary/aromatic N) is 1. The van der Waals surface area contributed by atoms with Crippen molar-refractivity contribution in [3.8, 4) is 11.8 Å². The van der Waals surface area contributed by atoms with E-state index in [2.05, 4.69) is 11.4 Å². The molecule has 1 aromatic carbocycles. The van der Waals surface area contributed by atoms with Gasteiger partial charge in [-0.05, 0) is 13.1 Å². The van der Waals surface area contributed by atoms with Gasteiger partial charge in [-0.15, -0.1) is 0 Å². The van der Waals surface area contributed by atoms with Crippen LogP contribution in [0.2, 0.25) is 0 Å². The van der Waals surface area contributed by atoms with Crippen LogP contribution in [0.3, 0.4) is 0 Å². The third kappa shape index (κ3) is 3.54. The minimum atomic E-state index is -0.193. The van der Waals surface area contributed by atoms with Crippen molar-refractivity contribution in [2.24, 2.45) is 0 Å². The van der Waals surface area contributed by atoms with Crippen LogP contribution in [0, 0.1) is 11.3 Å². The Morgan fingerprint density at radius 3 is 2.88 bits per heavy atom. The second-order valence-electron chi connectivity index (χ2n) is 3.37. The number of nitriles is 1. The van der Waals surface area contributed by atoms with E-state index < -0.39 is 0 Å². The number of benzene rings is 1. The van der Waals surface area contributed by atoms with Crippen LogP contribution in [-0.2, 0) is 6.61 Å². The average molecular weight is 220 g/mol. The van der Waals surface area contributed by atoms with Gasteiger partial charge < -0.3 is 15.2 Å². The summed E-state index contributed by atoms with van der Waals surface area (Å²) < 4.78 is 5.51. The normalized spacial score (nSPS) is 11.8. The minimum absolute atomic E-state index is 0.0378. The Kier molecular flexibility index (Phi) is 5.34. The number of aliphatic hydroxyl groups is 1. The van der Waals surface area contributed by atoms with Crippen LogP contribution >= 0.6 is 0 Å². The van der Waals surface area contributed by atoms with Crippen molar-refractivity contribution in [1.82, 2.24) is 5.32 Å². The van der Waals surface area contributed by atoms with Crippen molar-refractivity contribution >= 4 is 0 Å². The molecule has 0 radical (unpaired) electrons. The fraction of sp³-hybridized carbons (Fsp3) is 0.417. The monoisotopic (exact) mass is 220 g/mol. The summed E-state index contributed by atoms with van der Waals surface area (Å²) in [6.07, 6.45) is 0.618. The smallest absolute Gasteiger partial charge is 0.124 e. The summed E-state index contributed by atoms with van der Waals surface area (Å²) in [6.45, 7) is 0.417. The molecule has 0 aromatic heterocycles. The number of hydrogen-bond acceptors (Lipinski definition) is 4. The van der Waals surface area contributed by atoms with Crippen molar-refractivity contribution in [2.45, 2.75) is 19.1 Å². The minimum Gasteiger partial charge on any atom is -0.493 e. The van der Waals surface area contributed by atoms with Crippen molar-refractivity contribution < 1.29 is 9.84 Å². The predicted molar refractivity (Wildman–Crippen MR) is 60.9 cm³/mol. The Balaban J connectivity index is 2.46. The lowest BCUT2D eigenvalue weighted by atomic mass is 10.2. The van der Waals surface area contributed by atoms with E-state index in [-0.39, 0.29) is 12.6 Å². The Hall–Kier alpha value is -1.57. The van der Waals surface area contributed by atoms with E-state index in [9.17, 15) is 0 Å². The molecule has 0 amide bonds. The molecule has 1 atom stereocenters. The van der Waals surface area contributed by atoms with Gasteiger partial charge in [0.05, 0.1) is 25.3 Å². The highest BCUT2D eigenvalue weighted by atomic mass is 16.5. The number of aliphatic hydroxyl groups excluding tert-OH is 1. The number of hydrogen-bond donors (Lipinski definition) is 2. The molecule has 0 aliphatic carbocycles. The summed E-state index contributed by atoms with van der Waals surface area (Å²) in [5, 5.41) is 20.7. The van der Waals surface area contributed by atoms with Crippen LogP contribution < -0.4 is 10.1 Å². The number of ether oxygens (including phenoxy) is 1. The summed E-state index contributed by atoms with van der Waals surface area (Å²) in [4.78, 5) is 0. The number of rotatable bonds is 6. The van der Waals surface area contributed by atoms with E-state index in [4.69, 9.17) is 15.1 Å². The van der Waals surface area contributed by atoms with Gasteiger partial charge in [0, 0.05) is 12.0 Å². The first-order chi connectivity index (χ1) is 7.81. The number of para-hydroxylation sites is 1. The SMILES string of the molecule is CNC(C#N)CCOc1ccccc1CO. The molecular formula is C12H16N2O2. The third-order valence-corrected chi connectivity index (χ3v) is 2.31. The molecule has 2 N–H and O–H groups in total. The van der Waals surface area contributed by atoms with Gasteiger partial charge in [-0.2, -0.15) is 5.26 Å². The molecule has 0 heterocycles. The Morgan fingerprint density at radius 2 is 2.25 bits per heavy atom. The first-order valence-corrected chi connectivity index (χ1v) is 5.20. The number of nitrogens with one attached hydrogen (secondary N) is 1. The highest BCUT2D eigenvalue weighted by Crippen LogP contribution is 2.17. The van der Waals surface area contributed by atoms with Crippen LogP contribution in [0.15, 0.2) is 24.3 Å². The molecule has 86 valence electrons. The Labute approximate surface area is 95.5 Å². The molecule has 4 nitrogen and oxygen atoms in total. The van der Waals surface area contributed by atoms with Crippen molar-refractivity contribution in [3.63, 3.8) is 0 Å². The summed E-state index contributed by atoms with van der Waals surface area (Å²) in [7, 11) is 1.75. The molecule has 16 heavy (non-hydrogen) atoms. The van der Waals surface area contributed by atoms with Crippen LogP contribution in [0.25, 0.3) is 0 Å². The summed E-state index contributed by atoms with van der Waals surface area (Å²) >= 11 is 0. The van der Waals surface area contributed by atoms with E-state index in [0.29, 0.717) is 18.8 Å². The lowest BCUT2D eigenvalue weighted by molar-refractivity contribution is 0.259. The summed E-state index contributed by atoms with van der Waals surface area (Å²) in [5.74, 6) is 0.679. The van der Waals surface area contributed by atoms with Crippen LogP contribution in [-0.4, -0.2) is 24.8 Å². The second kappa shape index (κ2) is 6.83. The zero-order chi connectivity index (χ0) is 11.8. The lowest BCUT2D eigenvalue weighted by Gasteiger charge is -2.11. The molecule has 0 fully saturated rings. The van der Waals surface area contributed by atoms with Gasteiger partial charge in [0.1, 0.15) is 5.75 Å². The molecule has 0 spiro atoms. The molecule has 1 unspecified atom stereocenters. The van der Waals surface area contributed by atoms with E-state index >= 15 is 0 Å². The molecule has 0 bridgehead atoms. The van der Waals surface area contributed by atoms with E-state index in [0.717, 1.165) is 5.56 Å². The average Bonchev–Trinajstić information content (AvgIpc) is 2.35. The first-order valence-electron chi connectivity index (χ1n) is 5.20. The molecule has 4 heteroatoms. The predicted octanol–water partition coefficient (Wildman–Crippen LogP) is 1.06. The topological polar surface area (TPSA) is 65.3 Å². The summed E-state index contributed by atoms with van der Waals surface area (Å²) in [5.41, 5.74) is 0.764. The van der Waals surface area contributed by atoms with Gasteiger partial charge >= 0.3 is 0 Å². The fourth-order valence-electron chi connectivity index (χ4n) is 1.34. The van der Waals surface area contributed by atoms with Gasteiger partial charge in [0.2, 0.25) is 0 Å². The van der Waals surface area contributed by atoms with Crippen molar-refractivity contribution in [2.75, 3.05) is 13.7 Å². The zero-order valence-corrected chi connectivity index (χ0v) is 9.31. The van der Waals surface area contributed by atoms with Gasteiger partial charge in [-0.3, -0.25) is 0 Å². The first kappa shape index (κ1) is 12.5. The maximum atomic E-state index is 9.07. The van der Waals surface area contributed by atoms with Gasteiger partial charge in [0.15, 0.2) is 0 Å². The molecule has 0 aliphatic rings. The Bertz CT molecular complexity index is 360. The maximum Gasteiger partial charge on any atom is 0.124 e.